The molecule has 7 nitrogen and oxygen atoms in total. The van der Waals surface area contributed by atoms with Crippen molar-refractivity contribution in [3.8, 4) is 5.75 Å². The molecule has 4 rings (SSSR count). The van der Waals surface area contributed by atoms with E-state index in [-0.39, 0.29) is 29.8 Å². The average Bonchev–Trinajstić information content (AvgIpc) is 3.38. The van der Waals surface area contributed by atoms with Gasteiger partial charge < -0.3 is 23.8 Å². The highest BCUT2D eigenvalue weighted by Crippen LogP contribution is 2.37. The van der Waals surface area contributed by atoms with Crippen molar-refractivity contribution in [1.82, 2.24) is 14.4 Å². The van der Waals surface area contributed by atoms with Gasteiger partial charge >= 0.3 is 0 Å². The number of hydrogen-bond acceptors (Lipinski definition) is 4. The summed E-state index contributed by atoms with van der Waals surface area (Å²) in [6, 6.07) is 19.2. The summed E-state index contributed by atoms with van der Waals surface area (Å²) in [4.78, 5) is 30.8. The van der Waals surface area contributed by atoms with Gasteiger partial charge in [-0.15, -0.1) is 0 Å². The number of carbonyl (C=O) groups excluding carboxylic acids is 2. The zero-order valence-electron chi connectivity index (χ0n) is 22.4. The molecule has 0 saturated carbocycles. The number of para-hydroxylation sites is 1. The van der Waals surface area contributed by atoms with Gasteiger partial charge in [0.1, 0.15) is 18.3 Å². The maximum atomic E-state index is 13.8. The number of methoxy groups -OCH3 is 2. The van der Waals surface area contributed by atoms with Gasteiger partial charge in [0.05, 0.1) is 13.7 Å². The molecule has 0 saturated heterocycles. The summed E-state index contributed by atoms with van der Waals surface area (Å²) in [6.07, 6.45) is 2.04. The summed E-state index contributed by atoms with van der Waals surface area (Å²) < 4.78 is 13.1. The standard InChI is InChI=1S/C30H37N3O4/c1-30(2,3)23-14-12-22(13-15-23)29(35)32(19-20-36-4)21-27(34)33-18-17-31-16-8-10-25(31)28(33)24-9-6-7-11-26(24)37-5/h6-16,28H,17-21H2,1-5H3/t28-/m1/s1. The smallest absolute Gasteiger partial charge is 0.254 e. The Morgan fingerprint density at radius 3 is 2.38 bits per heavy atom. The second-order valence-electron chi connectivity index (χ2n) is 10.4. The normalized spacial score (nSPS) is 15.3. The van der Waals surface area contributed by atoms with E-state index in [4.69, 9.17) is 9.47 Å². The average molecular weight is 504 g/mol. The molecular formula is C30H37N3O4. The van der Waals surface area contributed by atoms with Crippen LogP contribution < -0.4 is 4.74 Å². The van der Waals surface area contributed by atoms with Crippen molar-refractivity contribution in [3.63, 3.8) is 0 Å². The minimum absolute atomic E-state index is 0.00723. The van der Waals surface area contributed by atoms with Crippen LogP contribution in [0.3, 0.4) is 0 Å². The maximum absolute atomic E-state index is 13.8. The largest absolute Gasteiger partial charge is 0.496 e. The molecule has 0 spiro atoms. The highest BCUT2D eigenvalue weighted by molar-refractivity contribution is 5.96. The van der Waals surface area contributed by atoms with Crippen LogP contribution in [0.25, 0.3) is 0 Å². The van der Waals surface area contributed by atoms with Crippen LogP contribution in [0.15, 0.2) is 66.9 Å². The summed E-state index contributed by atoms with van der Waals surface area (Å²) in [5, 5.41) is 0. The van der Waals surface area contributed by atoms with E-state index in [1.165, 1.54) is 0 Å². The first kappa shape index (κ1) is 26.5. The molecule has 37 heavy (non-hydrogen) atoms. The molecule has 0 N–H and O–H groups in total. The second kappa shape index (κ2) is 11.2. The lowest BCUT2D eigenvalue weighted by atomic mass is 9.86. The number of fused-ring (bicyclic) bond motifs is 1. The fraction of sp³-hybridized carbons (Fsp3) is 0.400. The first-order chi connectivity index (χ1) is 17.7. The zero-order valence-corrected chi connectivity index (χ0v) is 22.4. The van der Waals surface area contributed by atoms with Crippen LogP contribution >= 0.6 is 0 Å². The number of hydrogen-bond donors (Lipinski definition) is 0. The highest BCUT2D eigenvalue weighted by Gasteiger charge is 2.35. The third-order valence-corrected chi connectivity index (χ3v) is 6.97. The number of aromatic nitrogens is 1. The van der Waals surface area contributed by atoms with Gasteiger partial charge in [0.2, 0.25) is 5.91 Å². The molecule has 0 unspecified atom stereocenters. The van der Waals surface area contributed by atoms with E-state index < -0.39 is 0 Å². The molecule has 2 amide bonds. The van der Waals surface area contributed by atoms with E-state index in [9.17, 15) is 9.59 Å². The molecule has 7 heteroatoms. The van der Waals surface area contributed by atoms with Crippen LogP contribution in [0.5, 0.6) is 5.75 Å². The Labute approximate surface area is 219 Å². The minimum Gasteiger partial charge on any atom is -0.496 e. The lowest BCUT2D eigenvalue weighted by Gasteiger charge is -2.39. The quantitative estimate of drug-likeness (QED) is 0.454. The van der Waals surface area contributed by atoms with Gasteiger partial charge in [-0.25, -0.2) is 0 Å². The summed E-state index contributed by atoms with van der Waals surface area (Å²) in [5.74, 6) is 0.436. The molecular weight excluding hydrogens is 466 g/mol. The molecule has 0 radical (unpaired) electrons. The monoisotopic (exact) mass is 503 g/mol. The Morgan fingerprint density at radius 1 is 0.973 bits per heavy atom. The summed E-state index contributed by atoms with van der Waals surface area (Å²) >= 11 is 0. The Kier molecular flexibility index (Phi) is 8.03. The van der Waals surface area contributed by atoms with Gasteiger partial charge in [0.25, 0.3) is 5.91 Å². The van der Waals surface area contributed by atoms with Crippen LogP contribution in [-0.2, 0) is 21.5 Å². The minimum atomic E-state index is -0.308. The molecule has 0 aliphatic carbocycles. The molecule has 1 aromatic heterocycles. The number of carbonyl (C=O) groups is 2. The molecule has 0 fully saturated rings. The number of amides is 2. The van der Waals surface area contributed by atoms with Crippen LogP contribution in [0.1, 0.15) is 54.0 Å². The molecule has 1 aliphatic heterocycles. The molecule has 0 bridgehead atoms. The first-order valence-corrected chi connectivity index (χ1v) is 12.7. The first-order valence-electron chi connectivity index (χ1n) is 12.7. The predicted molar refractivity (Wildman–Crippen MR) is 144 cm³/mol. The number of ether oxygens (including phenoxy) is 2. The maximum Gasteiger partial charge on any atom is 0.254 e. The molecule has 2 heterocycles. The molecule has 1 aliphatic rings. The Morgan fingerprint density at radius 2 is 1.70 bits per heavy atom. The van der Waals surface area contributed by atoms with Crippen LogP contribution in [-0.4, -0.2) is 66.6 Å². The summed E-state index contributed by atoms with van der Waals surface area (Å²) in [7, 11) is 3.24. The fourth-order valence-electron chi connectivity index (χ4n) is 4.87. The molecule has 196 valence electrons. The zero-order chi connectivity index (χ0) is 26.6. The second-order valence-corrected chi connectivity index (χ2v) is 10.4. The van der Waals surface area contributed by atoms with Gasteiger partial charge in [-0.3, -0.25) is 9.59 Å². The Balaban J connectivity index is 1.61. The van der Waals surface area contributed by atoms with Crippen LogP contribution in [0, 0.1) is 0 Å². The Hall–Kier alpha value is -3.58. The van der Waals surface area contributed by atoms with E-state index in [1.54, 1.807) is 19.1 Å². The van der Waals surface area contributed by atoms with Crippen molar-refractivity contribution in [1.29, 1.82) is 0 Å². The van der Waals surface area contributed by atoms with Gasteiger partial charge in [-0.2, -0.15) is 0 Å². The topological polar surface area (TPSA) is 64.0 Å². The lowest BCUT2D eigenvalue weighted by Crippen LogP contribution is -2.48. The van der Waals surface area contributed by atoms with Crippen LogP contribution in [0.2, 0.25) is 0 Å². The number of nitrogens with zero attached hydrogens (tertiary/aromatic N) is 3. The Bertz CT molecular complexity index is 1230. The fourth-order valence-corrected chi connectivity index (χ4v) is 4.87. The number of rotatable bonds is 8. The third-order valence-electron chi connectivity index (χ3n) is 6.97. The molecule has 1 atom stereocenters. The van der Waals surface area contributed by atoms with Gasteiger partial charge in [-0.1, -0.05) is 51.1 Å². The van der Waals surface area contributed by atoms with E-state index in [2.05, 4.69) is 25.3 Å². The lowest BCUT2D eigenvalue weighted by molar-refractivity contribution is -0.134. The van der Waals surface area contributed by atoms with Gasteiger partial charge in [-0.05, 0) is 41.3 Å². The molecule has 2 aromatic carbocycles. The number of benzene rings is 2. The van der Waals surface area contributed by atoms with E-state index in [0.29, 0.717) is 31.8 Å². The SMILES string of the molecule is COCCN(CC(=O)N1CCn2cccc2[C@H]1c1ccccc1OC)C(=O)c1ccc(C(C)(C)C)cc1. The van der Waals surface area contributed by atoms with Crippen molar-refractivity contribution in [2.45, 2.75) is 38.8 Å². The van der Waals surface area contributed by atoms with Crippen molar-refractivity contribution in [2.75, 3.05) is 40.5 Å². The summed E-state index contributed by atoms with van der Waals surface area (Å²) in [6.45, 7) is 8.29. The van der Waals surface area contributed by atoms with Crippen molar-refractivity contribution >= 4 is 11.8 Å². The van der Waals surface area contributed by atoms with Crippen molar-refractivity contribution in [2.24, 2.45) is 0 Å². The van der Waals surface area contributed by atoms with Crippen molar-refractivity contribution in [3.05, 3.63) is 89.2 Å². The van der Waals surface area contributed by atoms with E-state index >= 15 is 0 Å². The summed E-state index contributed by atoms with van der Waals surface area (Å²) in [5.41, 5.74) is 3.65. The molecule has 3 aromatic rings. The third kappa shape index (κ3) is 5.72. The van der Waals surface area contributed by atoms with Crippen molar-refractivity contribution < 1.29 is 19.1 Å². The van der Waals surface area contributed by atoms with E-state index in [1.807, 2.05) is 71.8 Å². The highest BCUT2D eigenvalue weighted by atomic mass is 16.5. The predicted octanol–water partition coefficient (Wildman–Crippen LogP) is 4.51. The van der Waals surface area contributed by atoms with Gasteiger partial charge in [0.15, 0.2) is 0 Å². The van der Waals surface area contributed by atoms with Crippen LogP contribution in [0.4, 0.5) is 0 Å². The van der Waals surface area contributed by atoms with Gasteiger partial charge in [0, 0.05) is 49.8 Å². The van der Waals surface area contributed by atoms with E-state index in [0.717, 1.165) is 22.6 Å².